The van der Waals surface area contributed by atoms with E-state index in [4.69, 9.17) is 5.11 Å². The second-order valence-corrected chi connectivity index (χ2v) is 5.71. The normalized spacial score (nSPS) is 25.3. The summed E-state index contributed by atoms with van der Waals surface area (Å²) in [6, 6.07) is 3.16. The van der Waals surface area contributed by atoms with E-state index in [2.05, 4.69) is 5.32 Å². The van der Waals surface area contributed by atoms with E-state index in [1.807, 2.05) is 6.92 Å². The van der Waals surface area contributed by atoms with E-state index >= 15 is 0 Å². The zero-order valence-corrected chi connectivity index (χ0v) is 11.7. The van der Waals surface area contributed by atoms with Crippen LogP contribution in [0.1, 0.15) is 43.0 Å². The molecule has 0 saturated heterocycles. The average molecular weight is 295 g/mol. The number of carbonyl (C=O) groups is 2. The quantitative estimate of drug-likeness (QED) is 0.798. The molecule has 5 nitrogen and oxygen atoms in total. The van der Waals surface area contributed by atoms with Crippen molar-refractivity contribution in [2.45, 2.75) is 38.1 Å². The van der Waals surface area contributed by atoms with Crippen molar-refractivity contribution in [3.05, 3.63) is 29.6 Å². The lowest BCUT2D eigenvalue weighted by molar-refractivity contribution is -0.146. The molecule has 0 bridgehead atoms. The number of carbonyl (C=O) groups excluding carboxylic acids is 1. The Bertz CT molecular complexity index is 575. The summed E-state index contributed by atoms with van der Waals surface area (Å²) in [4.78, 5) is 23.7. The van der Waals surface area contributed by atoms with Crippen molar-refractivity contribution in [1.29, 1.82) is 0 Å². The van der Waals surface area contributed by atoms with Gasteiger partial charge in [-0.05, 0) is 30.9 Å². The first-order valence-corrected chi connectivity index (χ1v) is 6.88. The fourth-order valence-corrected chi connectivity index (χ4v) is 2.89. The number of phenolic OH excluding ortho intramolecular Hbond substituents is 1. The number of rotatable bonds is 3. The van der Waals surface area contributed by atoms with Crippen LogP contribution in [0.25, 0.3) is 0 Å². The minimum absolute atomic E-state index is 0.180. The molecular weight excluding hydrogens is 277 g/mol. The maximum Gasteiger partial charge on any atom is 0.329 e. The van der Waals surface area contributed by atoms with E-state index in [1.165, 1.54) is 6.07 Å². The maximum atomic E-state index is 13.7. The van der Waals surface area contributed by atoms with Crippen LogP contribution in [0.2, 0.25) is 0 Å². The zero-order valence-electron chi connectivity index (χ0n) is 11.7. The third-order valence-electron chi connectivity index (χ3n) is 3.96. The van der Waals surface area contributed by atoms with Gasteiger partial charge in [-0.1, -0.05) is 19.8 Å². The second-order valence-electron chi connectivity index (χ2n) is 5.71. The molecule has 2 rings (SSSR count). The first kappa shape index (κ1) is 15.3. The topological polar surface area (TPSA) is 86.6 Å². The van der Waals surface area contributed by atoms with Crippen molar-refractivity contribution in [3.63, 3.8) is 0 Å². The molecule has 1 aliphatic carbocycles. The van der Waals surface area contributed by atoms with E-state index in [0.29, 0.717) is 19.3 Å². The van der Waals surface area contributed by atoms with Crippen LogP contribution in [0.15, 0.2) is 18.2 Å². The zero-order chi connectivity index (χ0) is 15.6. The van der Waals surface area contributed by atoms with E-state index < -0.39 is 23.2 Å². The van der Waals surface area contributed by atoms with Gasteiger partial charge in [-0.2, -0.15) is 0 Å². The number of aliphatic carboxylic acids is 1. The molecule has 1 aromatic rings. The Morgan fingerprint density at radius 3 is 2.71 bits per heavy atom. The van der Waals surface area contributed by atoms with Gasteiger partial charge in [0.2, 0.25) is 0 Å². The molecule has 21 heavy (non-hydrogen) atoms. The third-order valence-corrected chi connectivity index (χ3v) is 3.96. The first-order valence-electron chi connectivity index (χ1n) is 6.88. The molecular formula is C15H18FNO4. The Labute approximate surface area is 121 Å². The monoisotopic (exact) mass is 295 g/mol. The van der Waals surface area contributed by atoms with E-state index in [-0.39, 0.29) is 17.2 Å². The molecule has 0 aliphatic heterocycles. The molecule has 1 amide bonds. The lowest BCUT2D eigenvalue weighted by Gasteiger charge is -2.37. The molecule has 0 radical (unpaired) electrons. The highest BCUT2D eigenvalue weighted by Crippen LogP contribution is 2.33. The van der Waals surface area contributed by atoms with Crippen LogP contribution in [0, 0.1) is 11.7 Å². The molecule has 114 valence electrons. The van der Waals surface area contributed by atoms with Gasteiger partial charge in [-0.3, -0.25) is 4.79 Å². The summed E-state index contributed by atoms with van der Waals surface area (Å²) in [7, 11) is 0. The number of amides is 1. The molecule has 0 spiro atoms. The van der Waals surface area contributed by atoms with Crippen molar-refractivity contribution >= 4 is 11.9 Å². The number of carboxylic acids is 1. The summed E-state index contributed by atoms with van der Waals surface area (Å²) in [6.45, 7) is 1.93. The number of nitrogens with one attached hydrogen (secondary N) is 1. The van der Waals surface area contributed by atoms with Gasteiger partial charge in [0.05, 0.1) is 5.56 Å². The van der Waals surface area contributed by atoms with Gasteiger partial charge in [0.15, 0.2) is 0 Å². The summed E-state index contributed by atoms with van der Waals surface area (Å²) < 4.78 is 13.7. The molecule has 2 atom stereocenters. The van der Waals surface area contributed by atoms with Gasteiger partial charge >= 0.3 is 5.97 Å². The highest BCUT2D eigenvalue weighted by atomic mass is 19.1. The van der Waals surface area contributed by atoms with Crippen molar-refractivity contribution in [1.82, 2.24) is 5.32 Å². The van der Waals surface area contributed by atoms with Crippen LogP contribution >= 0.6 is 0 Å². The lowest BCUT2D eigenvalue weighted by atomic mass is 9.76. The molecule has 6 heteroatoms. The van der Waals surface area contributed by atoms with Crippen LogP contribution in [0.3, 0.4) is 0 Å². The fraction of sp³-hybridized carbons (Fsp3) is 0.467. The Balaban J connectivity index is 2.24. The second kappa shape index (κ2) is 5.71. The predicted molar refractivity (Wildman–Crippen MR) is 73.5 cm³/mol. The Kier molecular flexibility index (Phi) is 4.16. The molecule has 1 saturated carbocycles. The van der Waals surface area contributed by atoms with Crippen molar-refractivity contribution in [2.75, 3.05) is 0 Å². The number of benzene rings is 1. The van der Waals surface area contributed by atoms with Gasteiger partial charge in [-0.25, -0.2) is 9.18 Å². The van der Waals surface area contributed by atoms with E-state index in [1.54, 1.807) is 0 Å². The van der Waals surface area contributed by atoms with Gasteiger partial charge in [0.25, 0.3) is 5.91 Å². The Morgan fingerprint density at radius 1 is 1.43 bits per heavy atom. The molecule has 1 aromatic carbocycles. The SMILES string of the molecule is CC1CCCC(NC(=O)c2ccc(O)cc2F)(C(=O)O)C1. The Hall–Kier alpha value is -2.11. The van der Waals surface area contributed by atoms with Crippen LogP contribution in [0.5, 0.6) is 5.75 Å². The van der Waals surface area contributed by atoms with Crippen LogP contribution in [-0.4, -0.2) is 27.6 Å². The summed E-state index contributed by atoms with van der Waals surface area (Å²) in [6.07, 6.45) is 2.27. The molecule has 0 heterocycles. The third kappa shape index (κ3) is 3.15. The molecule has 2 unspecified atom stereocenters. The minimum Gasteiger partial charge on any atom is -0.508 e. The van der Waals surface area contributed by atoms with Crippen LogP contribution < -0.4 is 5.32 Å². The van der Waals surface area contributed by atoms with Crippen molar-refractivity contribution < 1.29 is 24.2 Å². The van der Waals surface area contributed by atoms with Gasteiger partial charge < -0.3 is 15.5 Å². The number of hydrogen-bond acceptors (Lipinski definition) is 3. The number of phenols is 1. The number of carboxylic acid groups (broad SMARTS) is 1. The summed E-state index contributed by atoms with van der Waals surface area (Å²) >= 11 is 0. The Morgan fingerprint density at radius 2 is 2.14 bits per heavy atom. The molecule has 1 fully saturated rings. The molecule has 0 aromatic heterocycles. The van der Waals surface area contributed by atoms with Gasteiger partial charge in [0, 0.05) is 6.07 Å². The maximum absolute atomic E-state index is 13.7. The number of hydrogen-bond donors (Lipinski definition) is 3. The van der Waals surface area contributed by atoms with Crippen molar-refractivity contribution in [2.24, 2.45) is 5.92 Å². The van der Waals surface area contributed by atoms with Crippen molar-refractivity contribution in [3.8, 4) is 5.75 Å². The highest BCUT2D eigenvalue weighted by Gasteiger charge is 2.43. The van der Waals surface area contributed by atoms with E-state index in [0.717, 1.165) is 18.6 Å². The highest BCUT2D eigenvalue weighted by molar-refractivity contribution is 5.98. The largest absolute Gasteiger partial charge is 0.508 e. The smallest absolute Gasteiger partial charge is 0.329 e. The summed E-state index contributed by atoms with van der Waals surface area (Å²) in [5, 5.41) is 21.1. The van der Waals surface area contributed by atoms with Crippen LogP contribution in [-0.2, 0) is 4.79 Å². The van der Waals surface area contributed by atoms with E-state index in [9.17, 15) is 19.1 Å². The fourth-order valence-electron chi connectivity index (χ4n) is 2.89. The molecule has 1 aliphatic rings. The minimum atomic E-state index is -1.35. The predicted octanol–water partition coefficient (Wildman–Crippen LogP) is 2.29. The number of halogens is 1. The summed E-state index contributed by atoms with van der Waals surface area (Å²) in [5.74, 6) is -2.86. The van der Waals surface area contributed by atoms with Gasteiger partial charge in [0.1, 0.15) is 17.1 Å². The standard InChI is InChI=1S/C15H18FNO4/c1-9-3-2-6-15(8-9,14(20)21)17-13(19)11-5-4-10(18)7-12(11)16/h4-5,7,9,18H,2-3,6,8H2,1H3,(H,17,19)(H,20,21). The van der Waals surface area contributed by atoms with Gasteiger partial charge in [-0.15, -0.1) is 0 Å². The number of aromatic hydroxyl groups is 1. The lowest BCUT2D eigenvalue weighted by Crippen LogP contribution is -2.56. The molecule has 3 N–H and O–H groups in total. The van der Waals surface area contributed by atoms with Crippen LogP contribution in [0.4, 0.5) is 4.39 Å². The summed E-state index contributed by atoms with van der Waals surface area (Å²) in [5.41, 5.74) is -1.62. The average Bonchev–Trinajstić information content (AvgIpc) is 2.38. The first-order chi connectivity index (χ1) is 9.84.